The van der Waals surface area contributed by atoms with Crippen molar-refractivity contribution >= 4 is 43.6 Å². The highest BCUT2D eigenvalue weighted by molar-refractivity contribution is 6.13. The van der Waals surface area contributed by atoms with E-state index in [1.807, 2.05) is 12.1 Å². The molecular formula is C56H45N3. The molecule has 0 radical (unpaired) electrons. The Labute approximate surface area is 346 Å². The summed E-state index contributed by atoms with van der Waals surface area (Å²) in [4.78, 5) is 0. The fourth-order valence-electron chi connectivity index (χ4n) is 10.2. The molecule has 10 aromatic rings. The number of fused-ring (bicyclic) bond motifs is 6. The lowest BCUT2D eigenvalue weighted by Crippen LogP contribution is -2.04. The van der Waals surface area contributed by atoms with Gasteiger partial charge in [-0.1, -0.05) is 108 Å². The van der Waals surface area contributed by atoms with Crippen molar-refractivity contribution < 1.29 is 0 Å². The summed E-state index contributed by atoms with van der Waals surface area (Å²) in [7, 11) is 0. The van der Waals surface area contributed by atoms with Gasteiger partial charge in [0.1, 0.15) is 6.07 Å². The molecule has 0 aliphatic heterocycles. The molecule has 10 rings (SSSR count). The first-order chi connectivity index (χ1) is 28.6. The largest absolute Gasteiger partial charge is 0.309 e. The highest BCUT2D eigenvalue weighted by Crippen LogP contribution is 2.44. The van der Waals surface area contributed by atoms with Crippen molar-refractivity contribution in [2.24, 2.45) is 0 Å². The van der Waals surface area contributed by atoms with Crippen LogP contribution in [0.25, 0.3) is 88.4 Å². The van der Waals surface area contributed by atoms with Crippen LogP contribution in [0.4, 0.5) is 0 Å². The van der Waals surface area contributed by atoms with Crippen molar-refractivity contribution in [3.8, 4) is 50.8 Å². The average Bonchev–Trinajstić information content (AvgIpc) is 3.72. The number of hydrogen-bond donors (Lipinski definition) is 0. The first-order valence-electron chi connectivity index (χ1n) is 20.5. The van der Waals surface area contributed by atoms with Gasteiger partial charge in [0.2, 0.25) is 0 Å². The zero-order valence-corrected chi connectivity index (χ0v) is 34.7. The Morgan fingerprint density at radius 2 is 0.881 bits per heavy atom. The quantitative estimate of drug-likeness (QED) is 0.172. The van der Waals surface area contributed by atoms with Crippen LogP contribution in [0.15, 0.2) is 146 Å². The van der Waals surface area contributed by atoms with E-state index in [0.29, 0.717) is 5.56 Å². The van der Waals surface area contributed by atoms with Crippen molar-refractivity contribution in [2.75, 3.05) is 0 Å². The smallest absolute Gasteiger partial charge is 0.101 e. The van der Waals surface area contributed by atoms with Crippen LogP contribution in [0, 0.1) is 59.8 Å². The molecule has 0 aliphatic carbocycles. The molecule has 8 aromatic carbocycles. The second-order valence-electron chi connectivity index (χ2n) is 16.6. The van der Waals surface area contributed by atoms with Gasteiger partial charge in [-0.3, -0.25) is 0 Å². The molecule has 0 atom stereocenters. The molecule has 0 unspecified atom stereocenters. The number of benzene rings is 8. The van der Waals surface area contributed by atoms with Crippen molar-refractivity contribution in [3.63, 3.8) is 0 Å². The molecule has 0 fully saturated rings. The van der Waals surface area contributed by atoms with Gasteiger partial charge in [0, 0.05) is 32.7 Å². The number of aryl methyl sites for hydroxylation is 7. The van der Waals surface area contributed by atoms with Crippen LogP contribution in [0.5, 0.6) is 0 Å². The van der Waals surface area contributed by atoms with Gasteiger partial charge in [-0.15, -0.1) is 0 Å². The molecule has 0 saturated heterocycles. The van der Waals surface area contributed by atoms with E-state index in [4.69, 9.17) is 0 Å². The summed E-state index contributed by atoms with van der Waals surface area (Å²) >= 11 is 0. The van der Waals surface area contributed by atoms with E-state index < -0.39 is 0 Å². The Kier molecular flexibility index (Phi) is 8.44. The predicted octanol–water partition coefficient (Wildman–Crippen LogP) is 14.9. The number of rotatable bonds is 5. The van der Waals surface area contributed by atoms with Crippen LogP contribution in [-0.4, -0.2) is 9.13 Å². The van der Waals surface area contributed by atoms with E-state index in [0.717, 1.165) is 60.9 Å². The molecule has 0 N–H and O–H groups in total. The van der Waals surface area contributed by atoms with Gasteiger partial charge in [-0.25, -0.2) is 0 Å². The number of aromatic nitrogens is 2. The molecule has 2 aromatic heterocycles. The molecule has 0 amide bonds. The maximum absolute atomic E-state index is 10.9. The Bertz CT molecular complexity index is 3370. The summed E-state index contributed by atoms with van der Waals surface area (Å²) in [5.74, 6) is 0. The summed E-state index contributed by atoms with van der Waals surface area (Å²) in [6, 6.07) is 55.8. The third kappa shape index (κ3) is 5.70. The zero-order valence-electron chi connectivity index (χ0n) is 34.7. The predicted molar refractivity (Wildman–Crippen MR) is 249 cm³/mol. The SMILES string of the molecule is Cc1cc(C)c(-c2ccc3c(c2)c2ccccc2n3-c2ccc(C)cc2-c2cccc(C#N)c2-n2c3ccccc3c3cc(-c4c(C)cc(C)cc4C)ccc32)c(C)c1. The summed E-state index contributed by atoms with van der Waals surface area (Å²) in [6.07, 6.45) is 0. The van der Waals surface area contributed by atoms with Gasteiger partial charge in [0.25, 0.3) is 0 Å². The van der Waals surface area contributed by atoms with Crippen molar-refractivity contribution in [1.29, 1.82) is 5.26 Å². The summed E-state index contributed by atoms with van der Waals surface area (Å²) < 4.78 is 4.75. The Morgan fingerprint density at radius 1 is 0.390 bits per heavy atom. The summed E-state index contributed by atoms with van der Waals surface area (Å²) in [5, 5.41) is 15.7. The highest BCUT2D eigenvalue weighted by atomic mass is 15.0. The van der Waals surface area contributed by atoms with Crippen LogP contribution in [0.3, 0.4) is 0 Å². The second kappa shape index (κ2) is 13.8. The Balaban J connectivity index is 1.24. The normalized spacial score (nSPS) is 11.6. The molecule has 0 aliphatic rings. The molecule has 3 heteroatoms. The lowest BCUT2D eigenvalue weighted by atomic mass is 9.93. The van der Waals surface area contributed by atoms with Crippen molar-refractivity contribution in [2.45, 2.75) is 48.5 Å². The number of para-hydroxylation sites is 3. The summed E-state index contributed by atoms with van der Waals surface area (Å²) in [5.41, 5.74) is 22.9. The first kappa shape index (κ1) is 36.2. The maximum atomic E-state index is 10.9. The molecule has 0 spiro atoms. The molecule has 284 valence electrons. The molecular weight excluding hydrogens is 715 g/mol. The summed E-state index contributed by atoms with van der Waals surface area (Å²) in [6.45, 7) is 15.3. The molecule has 59 heavy (non-hydrogen) atoms. The molecule has 0 saturated carbocycles. The first-order valence-corrected chi connectivity index (χ1v) is 20.5. The van der Waals surface area contributed by atoms with E-state index in [2.05, 4.69) is 197 Å². The van der Waals surface area contributed by atoms with E-state index in [1.54, 1.807) is 0 Å². The van der Waals surface area contributed by atoms with Gasteiger partial charge >= 0.3 is 0 Å². The second-order valence-corrected chi connectivity index (χ2v) is 16.6. The van der Waals surface area contributed by atoms with Gasteiger partial charge in [0.15, 0.2) is 0 Å². The van der Waals surface area contributed by atoms with E-state index in [1.165, 1.54) is 66.4 Å². The van der Waals surface area contributed by atoms with Crippen LogP contribution >= 0.6 is 0 Å². The average molecular weight is 760 g/mol. The minimum Gasteiger partial charge on any atom is -0.309 e. The topological polar surface area (TPSA) is 33.6 Å². The number of hydrogen-bond acceptors (Lipinski definition) is 1. The van der Waals surface area contributed by atoms with Crippen LogP contribution < -0.4 is 0 Å². The fraction of sp³-hybridized carbons (Fsp3) is 0.125. The van der Waals surface area contributed by atoms with E-state index in [-0.39, 0.29) is 0 Å². The van der Waals surface area contributed by atoms with Crippen LogP contribution in [0.2, 0.25) is 0 Å². The Hall–Kier alpha value is -7.15. The molecule has 2 heterocycles. The van der Waals surface area contributed by atoms with Gasteiger partial charge in [-0.2, -0.15) is 5.26 Å². The van der Waals surface area contributed by atoms with E-state index >= 15 is 0 Å². The van der Waals surface area contributed by atoms with Gasteiger partial charge < -0.3 is 9.13 Å². The van der Waals surface area contributed by atoms with Gasteiger partial charge in [0.05, 0.1) is 39.0 Å². The minimum atomic E-state index is 0.627. The lowest BCUT2D eigenvalue weighted by molar-refractivity contribution is 1.15. The zero-order chi connectivity index (χ0) is 40.7. The molecule has 0 bridgehead atoms. The maximum Gasteiger partial charge on any atom is 0.101 e. The number of nitriles is 1. The fourth-order valence-corrected chi connectivity index (χ4v) is 10.2. The van der Waals surface area contributed by atoms with Crippen LogP contribution in [0.1, 0.15) is 44.5 Å². The standard InChI is InChI=1S/C56H45N3/c1-33-19-22-51(58-49-17-10-8-14-43(49)47-30-40(20-23-52(47)58)54-36(4)25-34(2)26-37(54)5)46(29-33)45-16-12-13-42(32-57)56(45)59-50-18-11-9-15-44(50)48-31-41(21-24-53(48)59)55-38(6)27-35(3)28-39(55)7/h8-31H,1-7H3. The third-order valence-electron chi connectivity index (χ3n) is 12.3. The monoisotopic (exact) mass is 759 g/mol. The van der Waals surface area contributed by atoms with Crippen molar-refractivity contribution in [3.05, 3.63) is 190 Å². The minimum absolute atomic E-state index is 0.627. The van der Waals surface area contributed by atoms with Gasteiger partial charge in [-0.05, 0) is 148 Å². The third-order valence-corrected chi connectivity index (χ3v) is 12.3. The number of nitrogens with zero attached hydrogens (tertiary/aromatic N) is 3. The lowest BCUT2D eigenvalue weighted by Gasteiger charge is -2.20. The highest BCUT2D eigenvalue weighted by Gasteiger charge is 2.23. The van der Waals surface area contributed by atoms with E-state index in [9.17, 15) is 5.26 Å². The van der Waals surface area contributed by atoms with Crippen molar-refractivity contribution in [1.82, 2.24) is 9.13 Å². The van der Waals surface area contributed by atoms with Crippen LogP contribution in [-0.2, 0) is 0 Å². The Morgan fingerprint density at radius 3 is 1.42 bits per heavy atom. The molecule has 3 nitrogen and oxygen atoms in total.